The third-order valence-electron chi connectivity index (χ3n) is 5.72. The molecule has 3 heterocycles. The Balaban J connectivity index is 1.52. The first kappa shape index (κ1) is 19.5. The lowest BCUT2D eigenvalue weighted by Crippen LogP contribution is -2.45. The van der Waals surface area contributed by atoms with E-state index in [0.717, 1.165) is 48.9 Å². The summed E-state index contributed by atoms with van der Waals surface area (Å²) in [4.78, 5) is 24.7. The molecule has 0 radical (unpaired) electrons. The van der Waals surface area contributed by atoms with Gasteiger partial charge in [-0.25, -0.2) is 20.4 Å². The van der Waals surface area contributed by atoms with Crippen molar-refractivity contribution in [2.24, 2.45) is 5.73 Å². The summed E-state index contributed by atoms with van der Waals surface area (Å²) in [6.45, 7) is 1.68. The van der Waals surface area contributed by atoms with E-state index in [0.29, 0.717) is 18.5 Å². The van der Waals surface area contributed by atoms with Crippen LogP contribution in [0, 0.1) is 0 Å². The quantitative estimate of drug-likeness (QED) is 0.749. The molecule has 0 atom stereocenters. The van der Waals surface area contributed by atoms with E-state index in [-0.39, 0.29) is 18.6 Å². The van der Waals surface area contributed by atoms with Crippen molar-refractivity contribution in [2.75, 3.05) is 27.2 Å². The Kier molecular flexibility index (Phi) is 5.77. The predicted molar refractivity (Wildman–Crippen MR) is 109 cm³/mol. The number of nitrogens with one attached hydrogen (secondary N) is 1. The van der Waals surface area contributed by atoms with Crippen molar-refractivity contribution in [1.82, 2.24) is 25.3 Å². The van der Waals surface area contributed by atoms with E-state index in [1.54, 1.807) is 17.7 Å². The van der Waals surface area contributed by atoms with Gasteiger partial charge in [-0.3, -0.25) is 4.79 Å². The second-order valence-electron chi connectivity index (χ2n) is 7.85. The largest absolute Gasteiger partial charge is 0.474 e. The minimum atomic E-state index is -0.360. The minimum absolute atomic E-state index is 0.145. The fourth-order valence-corrected chi connectivity index (χ4v) is 5.26. The number of carbonyl (C=O) groups is 1. The Morgan fingerprint density at radius 1 is 1.36 bits per heavy atom. The zero-order chi connectivity index (χ0) is 19.7. The highest BCUT2D eigenvalue weighted by atomic mass is 32.1. The second-order valence-corrected chi connectivity index (χ2v) is 8.93. The lowest BCUT2D eigenvalue weighted by molar-refractivity contribution is -0.118. The number of hydrogen-bond donors (Lipinski definition) is 2. The molecule has 0 unspecified atom stereocenters. The Morgan fingerprint density at radius 3 is 2.86 bits per heavy atom. The Bertz CT molecular complexity index is 846. The molecule has 1 aliphatic carbocycles. The molecule has 3 N–H and O–H groups in total. The van der Waals surface area contributed by atoms with Crippen LogP contribution < -0.4 is 15.9 Å². The number of fused-ring (bicyclic) bond motifs is 3. The van der Waals surface area contributed by atoms with Gasteiger partial charge in [-0.15, -0.1) is 11.3 Å². The molecule has 1 aliphatic heterocycles. The molecule has 2 aromatic heterocycles. The van der Waals surface area contributed by atoms with Crippen molar-refractivity contribution in [3.63, 3.8) is 0 Å². The zero-order valence-corrected chi connectivity index (χ0v) is 17.3. The molecule has 1 saturated carbocycles. The topological polar surface area (TPSA) is 96.6 Å². The van der Waals surface area contributed by atoms with Crippen LogP contribution in [0.1, 0.15) is 36.1 Å². The van der Waals surface area contributed by atoms with E-state index < -0.39 is 0 Å². The number of amides is 1. The van der Waals surface area contributed by atoms with Crippen LogP contribution in [-0.4, -0.2) is 65.1 Å². The van der Waals surface area contributed by atoms with Gasteiger partial charge in [0.15, 0.2) is 0 Å². The van der Waals surface area contributed by atoms with Gasteiger partial charge in [0.2, 0.25) is 11.8 Å². The summed E-state index contributed by atoms with van der Waals surface area (Å²) in [6.07, 6.45) is 7.12. The summed E-state index contributed by atoms with van der Waals surface area (Å²) in [5, 5.41) is 3.07. The van der Waals surface area contributed by atoms with Gasteiger partial charge < -0.3 is 15.4 Å². The van der Waals surface area contributed by atoms with Gasteiger partial charge in [0, 0.05) is 24.0 Å². The maximum absolute atomic E-state index is 11.1. The molecular weight excluding hydrogens is 376 g/mol. The van der Waals surface area contributed by atoms with Crippen LogP contribution in [0.25, 0.3) is 10.2 Å². The highest BCUT2D eigenvalue weighted by Gasteiger charge is 2.28. The molecular formula is C19H28N6O2S. The molecule has 2 aliphatic rings. The van der Waals surface area contributed by atoms with E-state index in [1.807, 2.05) is 5.01 Å². The standard InChI is InChI=1S/C19H28N6O2S/c1-24(2)12-3-5-13(6-4-12)27-18-17-14-10-25(23-9-16(20)26)8-7-15(14)28-19(17)22-11-21-18/h11-13,23H,3-10H2,1-2H3,(H2,20,26)/t12-,13-. The number of hydrazine groups is 1. The molecule has 1 amide bonds. The highest BCUT2D eigenvalue weighted by Crippen LogP contribution is 2.38. The first-order valence-corrected chi connectivity index (χ1v) is 10.7. The first-order chi connectivity index (χ1) is 13.5. The molecule has 28 heavy (non-hydrogen) atoms. The Hall–Kier alpha value is -1.81. The smallest absolute Gasteiger partial charge is 0.232 e. The summed E-state index contributed by atoms with van der Waals surface area (Å²) < 4.78 is 6.38. The van der Waals surface area contributed by atoms with Gasteiger partial charge in [0.1, 0.15) is 17.3 Å². The van der Waals surface area contributed by atoms with Crippen LogP contribution in [0.4, 0.5) is 0 Å². The molecule has 1 fully saturated rings. The van der Waals surface area contributed by atoms with E-state index in [9.17, 15) is 4.79 Å². The minimum Gasteiger partial charge on any atom is -0.474 e. The molecule has 0 saturated heterocycles. The first-order valence-electron chi connectivity index (χ1n) is 9.86. The fourth-order valence-electron chi connectivity index (χ4n) is 4.13. The molecule has 9 heteroatoms. The number of carbonyl (C=O) groups excluding carboxylic acids is 1. The number of aromatic nitrogens is 2. The number of nitrogens with zero attached hydrogens (tertiary/aromatic N) is 4. The molecule has 0 bridgehead atoms. The van der Waals surface area contributed by atoms with Crippen LogP contribution in [0.3, 0.4) is 0 Å². The number of thiophene rings is 1. The fraction of sp³-hybridized carbons (Fsp3) is 0.632. The van der Waals surface area contributed by atoms with Gasteiger partial charge in [-0.05, 0) is 51.8 Å². The number of nitrogens with two attached hydrogens (primary N) is 1. The molecule has 0 spiro atoms. The number of primary amides is 1. The average molecular weight is 405 g/mol. The van der Waals surface area contributed by atoms with Gasteiger partial charge >= 0.3 is 0 Å². The van der Waals surface area contributed by atoms with Crippen molar-refractivity contribution in [2.45, 2.75) is 50.8 Å². The van der Waals surface area contributed by atoms with Crippen LogP contribution in [0.2, 0.25) is 0 Å². The van der Waals surface area contributed by atoms with Gasteiger partial charge in [-0.2, -0.15) is 0 Å². The predicted octanol–water partition coefficient (Wildman–Crippen LogP) is 1.29. The van der Waals surface area contributed by atoms with E-state index in [1.165, 1.54) is 10.4 Å². The number of ether oxygens (including phenoxy) is 1. The van der Waals surface area contributed by atoms with Crippen molar-refractivity contribution < 1.29 is 9.53 Å². The normalized spacial score (nSPS) is 23.1. The maximum Gasteiger partial charge on any atom is 0.232 e. The summed E-state index contributed by atoms with van der Waals surface area (Å²) in [5.74, 6) is 0.342. The molecule has 4 rings (SSSR count). The zero-order valence-electron chi connectivity index (χ0n) is 16.5. The molecule has 8 nitrogen and oxygen atoms in total. The number of rotatable bonds is 6. The lowest BCUT2D eigenvalue weighted by atomic mass is 9.92. The second kappa shape index (κ2) is 8.28. The third-order valence-corrected chi connectivity index (χ3v) is 6.92. The maximum atomic E-state index is 11.1. The van der Waals surface area contributed by atoms with Crippen LogP contribution in [0.15, 0.2) is 6.33 Å². The average Bonchev–Trinajstić information content (AvgIpc) is 3.05. The van der Waals surface area contributed by atoms with Crippen LogP contribution >= 0.6 is 11.3 Å². The molecule has 2 aromatic rings. The van der Waals surface area contributed by atoms with Crippen molar-refractivity contribution in [3.8, 4) is 5.88 Å². The highest BCUT2D eigenvalue weighted by molar-refractivity contribution is 7.18. The van der Waals surface area contributed by atoms with E-state index in [4.69, 9.17) is 10.5 Å². The number of hydrogen-bond acceptors (Lipinski definition) is 8. The van der Waals surface area contributed by atoms with E-state index in [2.05, 4.69) is 34.4 Å². The van der Waals surface area contributed by atoms with Gasteiger partial charge in [0.05, 0.1) is 11.9 Å². The Morgan fingerprint density at radius 2 is 2.14 bits per heavy atom. The van der Waals surface area contributed by atoms with E-state index >= 15 is 0 Å². The van der Waals surface area contributed by atoms with Crippen molar-refractivity contribution in [1.29, 1.82) is 0 Å². The lowest BCUT2D eigenvalue weighted by Gasteiger charge is -2.32. The van der Waals surface area contributed by atoms with Crippen molar-refractivity contribution >= 4 is 27.5 Å². The third kappa shape index (κ3) is 4.12. The van der Waals surface area contributed by atoms with Gasteiger partial charge in [-0.1, -0.05) is 0 Å². The monoisotopic (exact) mass is 404 g/mol. The summed E-state index contributed by atoms with van der Waals surface area (Å²) in [5.41, 5.74) is 9.58. The molecule has 152 valence electrons. The van der Waals surface area contributed by atoms with Gasteiger partial charge in [0.25, 0.3) is 0 Å². The SMILES string of the molecule is CN(C)[C@H]1CC[C@H](Oc2ncnc3sc4c(c23)CN(NCC(N)=O)CC4)CC1. The summed E-state index contributed by atoms with van der Waals surface area (Å²) in [7, 11) is 4.30. The van der Waals surface area contributed by atoms with Crippen molar-refractivity contribution in [3.05, 3.63) is 16.8 Å². The van der Waals surface area contributed by atoms with Crippen LogP contribution in [0.5, 0.6) is 5.88 Å². The van der Waals surface area contributed by atoms with Crippen LogP contribution in [-0.2, 0) is 17.8 Å². The summed E-state index contributed by atoms with van der Waals surface area (Å²) in [6, 6.07) is 0.643. The molecule has 0 aromatic carbocycles. The Labute approximate surface area is 169 Å². The summed E-state index contributed by atoms with van der Waals surface area (Å²) >= 11 is 1.72.